The molecule has 0 bridgehead atoms. The molecule has 0 aromatic heterocycles. The summed E-state index contributed by atoms with van der Waals surface area (Å²) in [6.07, 6.45) is 0. The summed E-state index contributed by atoms with van der Waals surface area (Å²) in [6, 6.07) is 6.06. The van der Waals surface area contributed by atoms with E-state index in [2.05, 4.69) is 38.2 Å². The van der Waals surface area contributed by atoms with Crippen LogP contribution in [0.3, 0.4) is 0 Å². The fraction of sp³-hybridized carbons (Fsp3) is 0.600. The van der Waals surface area contributed by atoms with Gasteiger partial charge < -0.3 is 20.1 Å². The van der Waals surface area contributed by atoms with Gasteiger partial charge >= 0.3 is 0 Å². The zero-order valence-electron chi connectivity index (χ0n) is 12.2. The molecular weight excluding hydrogens is 240 g/mol. The molecule has 4 heteroatoms. The molecule has 2 N–H and O–H groups in total. The Morgan fingerprint density at radius 3 is 2.79 bits per heavy atom. The molecule has 0 amide bonds. The van der Waals surface area contributed by atoms with E-state index < -0.39 is 0 Å². The summed E-state index contributed by atoms with van der Waals surface area (Å²) < 4.78 is 5.61. The summed E-state index contributed by atoms with van der Waals surface area (Å²) in [5.74, 6) is 1.65. The Hall–Kier alpha value is -1.26. The van der Waals surface area contributed by atoms with Crippen molar-refractivity contribution in [2.45, 2.75) is 25.9 Å². The van der Waals surface area contributed by atoms with Gasteiger partial charge in [0, 0.05) is 24.2 Å². The standard InChI is InChI=1S/C15H24N2O2/c1-10(2)14(17(3)4)8-16-13-9-19-15-7-11(18)5-6-12(13)15/h5-7,10,13-14,16,18H,8-9H2,1-4H3. The number of rotatable bonds is 5. The number of benzene rings is 1. The lowest BCUT2D eigenvalue weighted by atomic mass is 10.0. The molecule has 106 valence electrons. The van der Waals surface area contributed by atoms with Crippen LogP contribution in [0.5, 0.6) is 11.5 Å². The molecule has 2 rings (SSSR count). The van der Waals surface area contributed by atoms with Gasteiger partial charge in [0.25, 0.3) is 0 Å². The number of fused-ring (bicyclic) bond motifs is 1. The van der Waals surface area contributed by atoms with Crippen molar-refractivity contribution in [2.24, 2.45) is 5.92 Å². The van der Waals surface area contributed by atoms with Gasteiger partial charge in [0.05, 0.1) is 6.04 Å². The van der Waals surface area contributed by atoms with E-state index in [1.54, 1.807) is 12.1 Å². The SMILES string of the molecule is CC(C)C(CNC1COc2cc(O)ccc21)N(C)C. The zero-order chi connectivity index (χ0) is 14.0. The molecule has 0 saturated heterocycles. The molecule has 19 heavy (non-hydrogen) atoms. The van der Waals surface area contributed by atoms with E-state index >= 15 is 0 Å². The highest BCUT2D eigenvalue weighted by molar-refractivity contribution is 5.44. The van der Waals surface area contributed by atoms with Crippen molar-refractivity contribution < 1.29 is 9.84 Å². The van der Waals surface area contributed by atoms with Crippen molar-refractivity contribution in [1.29, 1.82) is 0 Å². The van der Waals surface area contributed by atoms with Crippen molar-refractivity contribution in [3.05, 3.63) is 23.8 Å². The fourth-order valence-electron chi connectivity index (χ4n) is 2.65. The number of ether oxygens (including phenoxy) is 1. The van der Waals surface area contributed by atoms with E-state index in [9.17, 15) is 5.11 Å². The van der Waals surface area contributed by atoms with Gasteiger partial charge in [-0.25, -0.2) is 0 Å². The Bertz CT molecular complexity index is 424. The molecule has 1 aliphatic rings. The van der Waals surface area contributed by atoms with E-state index in [1.165, 1.54) is 0 Å². The number of likely N-dealkylation sites (N-methyl/N-ethyl adjacent to an activating group) is 1. The van der Waals surface area contributed by atoms with Crippen LogP contribution in [0, 0.1) is 5.92 Å². The molecule has 1 aromatic carbocycles. The summed E-state index contributed by atoms with van der Waals surface area (Å²) in [5, 5.41) is 13.0. The van der Waals surface area contributed by atoms with Crippen molar-refractivity contribution in [1.82, 2.24) is 10.2 Å². The van der Waals surface area contributed by atoms with Crippen LogP contribution in [-0.2, 0) is 0 Å². The van der Waals surface area contributed by atoms with Gasteiger partial charge in [-0.05, 0) is 32.1 Å². The van der Waals surface area contributed by atoms with Crippen molar-refractivity contribution >= 4 is 0 Å². The van der Waals surface area contributed by atoms with Crippen LogP contribution in [0.15, 0.2) is 18.2 Å². The Morgan fingerprint density at radius 1 is 1.42 bits per heavy atom. The van der Waals surface area contributed by atoms with E-state index in [4.69, 9.17) is 4.74 Å². The number of hydrogen-bond acceptors (Lipinski definition) is 4. The predicted octanol–water partition coefficient (Wildman–Crippen LogP) is 2.00. The third-order valence-electron chi connectivity index (χ3n) is 3.78. The lowest BCUT2D eigenvalue weighted by molar-refractivity contribution is 0.212. The minimum absolute atomic E-state index is 0.219. The Balaban J connectivity index is 1.99. The minimum Gasteiger partial charge on any atom is -0.508 e. The Morgan fingerprint density at radius 2 is 2.16 bits per heavy atom. The average Bonchev–Trinajstić information content (AvgIpc) is 2.71. The van der Waals surface area contributed by atoms with Crippen LogP contribution < -0.4 is 10.1 Å². The van der Waals surface area contributed by atoms with Gasteiger partial charge in [0.1, 0.15) is 18.1 Å². The van der Waals surface area contributed by atoms with Crippen LogP contribution in [0.4, 0.5) is 0 Å². The molecule has 4 nitrogen and oxygen atoms in total. The van der Waals surface area contributed by atoms with E-state index in [1.807, 2.05) is 6.07 Å². The second-order valence-corrected chi connectivity index (χ2v) is 5.77. The molecule has 0 saturated carbocycles. The minimum atomic E-state index is 0.219. The first-order valence-corrected chi connectivity index (χ1v) is 6.84. The first-order chi connectivity index (χ1) is 8.99. The van der Waals surface area contributed by atoms with E-state index in [0.29, 0.717) is 18.6 Å². The molecule has 1 heterocycles. The molecule has 2 unspecified atom stereocenters. The molecule has 1 aromatic rings. The third kappa shape index (κ3) is 3.19. The quantitative estimate of drug-likeness (QED) is 0.854. The van der Waals surface area contributed by atoms with Crippen LogP contribution in [0.1, 0.15) is 25.5 Å². The van der Waals surface area contributed by atoms with Crippen molar-refractivity contribution in [3.8, 4) is 11.5 Å². The fourth-order valence-corrected chi connectivity index (χ4v) is 2.65. The van der Waals surface area contributed by atoms with E-state index in [0.717, 1.165) is 17.9 Å². The molecule has 0 fully saturated rings. The van der Waals surface area contributed by atoms with Crippen molar-refractivity contribution in [3.63, 3.8) is 0 Å². The number of phenolic OH excluding ortho intramolecular Hbond substituents is 1. The smallest absolute Gasteiger partial charge is 0.127 e. The van der Waals surface area contributed by atoms with Gasteiger partial charge in [-0.3, -0.25) is 0 Å². The van der Waals surface area contributed by atoms with Gasteiger partial charge in [0.2, 0.25) is 0 Å². The van der Waals surface area contributed by atoms with E-state index in [-0.39, 0.29) is 11.8 Å². The maximum absolute atomic E-state index is 9.44. The maximum atomic E-state index is 9.44. The second kappa shape index (κ2) is 5.80. The summed E-state index contributed by atoms with van der Waals surface area (Å²) in [7, 11) is 4.23. The predicted molar refractivity (Wildman–Crippen MR) is 76.7 cm³/mol. The van der Waals surface area contributed by atoms with Gasteiger partial charge in [-0.2, -0.15) is 0 Å². The number of phenols is 1. The lowest BCUT2D eigenvalue weighted by Gasteiger charge is -2.29. The summed E-state index contributed by atoms with van der Waals surface area (Å²) in [6.45, 7) is 6.04. The highest BCUT2D eigenvalue weighted by Crippen LogP contribution is 2.34. The topological polar surface area (TPSA) is 44.7 Å². The molecule has 1 aliphatic heterocycles. The molecule has 0 spiro atoms. The normalized spacial score (nSPS) is 19.6. The number of aromatic hydroxyl groups is 1. The lowest BCUT2D eigenvalue weighted by Crippen LogP contribution is -2.42. The van der Waals surface area contributed by atoms with Crippen LogP contribution in [-0.4, -0.2) is 43.3 Å². The number of nitrogens with one attached hydrogen (secondary N) is 1. The summed E-state index contributed by atoms with van der Waals surface area (Å²) >= 11 is 0. The number of nitrogens with zero attached hydrogens (tertiary/aromatic N) is 1. The highest BCUT2D eigenvalue weighted by Gasteiger charge is 2.25. The second-order valence-electron chi connectivity index (χ2n) is 5.77. The Labute approximate surface area is 115 Å². The van der Waals surface area contributed by atoms with Gasteiger partial charge in [-0.1, -0.05) is 13.8 Å². The molecule has 2 atom stereocenters. The van der Waals surface area contributed by atoms with Crippen molar-refractivity contribution in [2.75, 3.05) is 27.2 Å². The molecular formula is C15H24N2O2. The van der Waals surface area contributed by atoms with Crippen LogP contribution >= 0.6 is 0 Å². The summed E-state index contributed by atoms with van der Waals surface area (Å²) in [5.41, 5.74) is 1.14. The third-order valence-corrected chi connectivity index (χ3v) is 3.78. The van der Waals surface area contributed by atoms with Crippen LogP contribution in [0.25, 0.3) is 0 Å². The maximum Gasteiger partial charge on any atom is 0.127 e. The average molecular weight is 264 g/mol. The van der Waals surface area contributed by atoms with Gasteiger partial charge in [-0.15, -0.1) is 0 Å². The first kappa shape index (κ1) is 14.2. The first-order valence-electron chi connectivity index (χ1n) is 6.84. The largest absolute Gasteiger partial charge is 0.508 e. The van der Waals surface area contributed by atoms with Crippen LogP contribution in [0.2, 0.25) is 0 Å². The zero-order valence-corrected chi connectivity index (χ0v) is 12.2. The Kier molecular flexibility index (Phi) is 4.32. The van der Waals surface area contributed by atoms with Gasteiger partial charge in [0.15, 0.2) is 0 Å². The molecule has 0 aliphatic carbocycles. The summed E-state index contributed by atoms with van der Waals surface area (Å²) in [4.78, 5) is 2.26. The number of hydrogen-bond donors (Lipinski definition) is 2. The highest BCUT2D eigenvalue weighted by atomic mass is 16.5. The molecule has 0 radical (unpaired) electrons. The monoisotopic (exact) mass is 264 g/mol.